The summed E-state index contributed by atoms with van der Waals surface area (Å²) < 4.78 is 5.34. The number of nitro groups is 1. The molecular formula is C12H14N2O4. The van der Waals surface area contributed by atoms with E-state index in [-0.39, 0.29) is 5.69 Å². The number of non-ortho nitro benzene ring substituents is 1. The summed E-state index contributed by atoms with van der Waals surface area (Å²) in [6, 6.07) is 4.37. The lowest BCUT2D eigenvalue weighted by Crippen LogP contribution is -2.26. The molecular weight excluding hydrogens is 236 g/mol. The molecule has 1 aromatic carbocycles. The van der Waals surface area contributed by atoms with E-state index in [0.29, 0.717) is 31.6 Å². The molecule has 1 heterocycles. The van der Waals surface area contributed by atoms with E-state index in [0.717, 1.165) is 18.7 Å². The number of carbonyl (C=O) groups is 1. The second kappa shape index (κ2) is 5.59. The molecule has 0 N–H and O–H groups in total. The maximum atomic E-state index is 11.1. The number of rotatable bonds is 3. The molecule has 0 aromatic heterocycles. The first-order valence-corrected chi connectivity index (χ1v) is 5.78. The average Bonchev–Trinajstić information content (AvgIpc) is 2.66. The Morgan fingerprint density at radius 2 is 2.17 bits per heavy atom. The zero-order chi connectivity index (χ0) is 13.0. The van der Waals surface area contributed by atoms with Crippen LogP contribution in [0.2, 0.25) is 0 Å². The number of anilines is 1. The molecule has 1 aromatic rings. The Balaban J connectivity index is 2.31. The third kappa shape index (κ3) is 2.65. The van der Waals surface area contributed by atoms with E-state index in [1.807, 2.05) is 4.90 Å². The van der Waals surface area contributed by atoms with Gasteiger partial charge in [0.15, 0.2) is 6.29 Å². The minimum atomic E-state index is -0.498. The summed E-state index contributed by atoms with van der Waals surface area (Å²) in [6.45, 7) is 2.80. The normalized spacial score (nSPS) is 16.1. The summed E-state index contributed by atoms with van der Waals surface area (Å²) in [4.78, 5) is 23.2. The van der Waals surface area contributed by atoms with Crippen molar-refractivity contribution in [2.45, 2.75) is 6.42 Å². The molecule has 0 amide bonds. The van der Waals surface area contributed by atoms with Crippen LogP contribution in [0.3, 0.4) is 0 Å². The number of benzene rings is 1. The molecule has 1 aliphatic heterocycles. The largest absolute Gasteiger partial charge is 0.380 e. The van der Waals surface area contributed by atoms with Crippen molar-refractivity contribution in [1.82, 2.24) is 0 Å². The van der Waals surface area contributed by atoms with Gasteiger partial charge in [-0.25, -0.2) is 0 Å². The number of aldehydes is 1. The molecule has 1 saturated heterocycles. The molecule has 1 fully saturated rings. The molecule has 2 rings (SSSR count). The van der Waals surface area contributed by atoms with Crippen LogP contribution in [0.4, 0.5) is 11.4 Å². The van der Waals surface area contributed by atoms with Crippen molar-refractivity contribution in [2.24, 2.45) is 0 Å². The molecule has 0 atom stereocenters. The number of hydrogen-bond acceptors (Lipinski definition) is 5. The standard InChI is InChI=1S/C12H14N2O4/c15-9-10-8-11(14(16)17)2-3-12(10)13-4-1-6-18-7-5-13/h2-3,8-9H,1,4-7H2. The predicted molar refractivity (Wildman–Crippen MR) is 66.1 cm³/mol. The van der Waals surface area contributed by atoms with E-state index in [1.165, 1.54) is 12.1 Å². The lowest BCUT2D eigenvalue weighted by Gasteiger charge is -2.23. The van der Waals surface area contributed by atoms with Gasteiger partial charge < -0.3 is 9.64 Å². The topological polar surface area (TPSA) is 72.7 Å². The predicted octanol–water partition coefficient (Wildman–Crippen LogP) is 1.63. The van der Waals surface area contributed by atoms with Crippen molar-refractivity contribution in [1.29, 1.82) is 0 Å². The van der Waals surface area contributed by atoms with E-state index >= 15 is 0 Å². The fraction of sp³-hybridized carbons (Fsp3) is 0.417. The molecule has 0 unspecified atom stereocenters. The van der Waals surface area contributed by atoms with Gasteiger partial charge in [0, 0.05) is 43.1 Å². The summed E-state index contributed by atoms with van der Waals surface area (Å²) in [5.74, 6) is 0. The molecule has 0 radical (unpaired) electrons. The van der Waals surface area contributed by atoms with Crippen LogP contribution in [0.5, 0.6) is 0 Å². The summed E-state index contributed by atoms with van der Waals surface area (Å²) in [5.41, 5.74) is 1.03. The maximum Gasteiger partial charge on any atom is 0.270 e. The number of ether oxygens (including phenoxy) is 1. The van der Waals surface area contributed by atoms with Crippen molar-refractivity contribution >= 4 is 17.7 Å². The molecule has 0 saturated carbocycles. The molecule has 6 heteroatoms. The van der Waals surface area contributed by atoms with E-state index < -0.39 is 4.92 Å². The van der Waals surface area contributed by atoms with Gasteiger partial charge in [-0.15, -0.1) is 0 Å². The number of hydrogen-bond donors (Lipinski definition) is 0. The second-order valence-electron chi connectivity index (χ2n) is 4.07. The minimum absolute atomic E-state index is 0.0630. The second-order valence-corrected chi connectivity index (χ2v) is 4.07. The van der Waals surface area contributed by atoms with Gasteiger partial charge in [0.05, 0.1) is 11.5 Å². The van der Waals surface area contributed by atoms with E-state index in [9.17, 15) is 14.9 Å². The Labute approximate surface area is 104 Å². The molecule has 18 heavy (non-hydrogen) atoms. The molecule has 0 bridgehead atoms. The quantitative estimate of drug-likeness (QED) is 0.463. The first kappa shape index (κ1) is 12.5. The molecule has 6 nitrogen and oxygen atoms in total. The number of nitrogens with zero attached hydrogens (tertiary/aromatic N) is 2. The van der Waals surface area contributed by atoms with Crippen LogP contribution >= 0.6 is 0 Å². The summed E-state index contributed by atoms with van der Waals surface area (Å²) in [5, 5.41) is 10.7. The van der Waals surface area contributed by atoms with Crippen molar-refractivity contribution in [3.8, 4) is 0 Å². The monoisotopic (exact) mass is 250 g/mol. The van der Waals surface area contributed by atoms with Crippen LogP contribution < -0.4 is 4.90 Å². The van der Waals surface area contributed by atoms with Gasteiger partial charge >= 0.3 is 0 Å². The van der Waals surface area contributed by atoms with Crippen LogP contribution in [-0.2, 0) is 4.74 Å². The highest BCUT2D eigenvalue weighted by Crippen LogP contribution is 2.25. The van der Waals surface area contributed by atoms with Crippen LogP contribution in [0.15, 0.2) is 18.2 Å². The van der Waals surface area contributed by atoms with Gasteiger partial charge in [-0.1, -0.05) is 0 Å². The lowest BCUT2D eigenvalue weighted by atomic mass is 10.1. The smallest absolute Gasteiger partial charge is 0.270 e. The molecule has 0 aliphatic carbocycles. The Bertz CT molecular complexity index is 453. The van der Waals surface area contributed by atoms with E-state index in [1.54, 1.807) is 6.07 Å². The van der Waals surface area contributed by atoms with E-state index in [2.05, 4.69) is 0 Å². The van der Waals surface area contributed by atoms with Crippen LogP contribution in [0.25, 0.3) is 0 Å². The molecule has 1 aliphatic rings. The Morgan fingerprint density at radius 1 is 1.33 bits per heavy atom. The zero-order valence-electron chi connectivity index (χ0n) is 9.87. The van der Waals surface area contributed by atoms with Gasteiger partial charge in [-0.3, -0.25) is 14.9 Å². The first-order chi connectivity index (χ1) is 8.72. The Hall–Kier alpha value is -1.95. The highest BCUT2D eigenvalue weighted by molar-refractivity contribution is 5.86. The van der Waals surface area contributed by atoms with Gasteiger partial charge in [-0.2, -0.15) is 0 Å². The van der Waals surface area contributed by atoms with Crippen molar-refractivity contribution in [3.05, 3.63) is 33.9 Å². The fourth-order valence-corrected chi connectivity index (χ4v) is 2.02. The van der Waals surface area contributed by atoms with Crippen molar-refractivity contribution in [3.63, 3.8) is 0 Å². The van der Waals surface area contributed by atoms with Crippen LogP contribution in [0, 0.1) is 10.1 Å². The van der Waals surface area contributed by atoms with Crippen molar-refractivity contribution < 1.29 is 14.5 Å². The van der Waals surface area contributed by atoms with Gasteiger partial charge in [0.1, 0.15) is 0 Å². The highest BCUT2D eigenvalue weighted by atomic mass is 16.6. The van der Waals surface area contributed by atoms with Crippen LogP contribution in [-0.4, -0.2) is 37.5 Å². The Morgan fingerprint density at radius 3 is 2.89 bits per heavy atom. The summed E-state index contributed by atoms with van der Waals surface area (Å²) in [6.07, 6.45) is 1.55. The minimum Gasteiger partial charge on any atom is -0.380 e. The van der Waals surface area contributed by atoms with Gasteiger partial charge in [0.2, 0.25) is 0 Å². The molecule has 0 spiro atoms. The third-order valence-electron chi connectivity index (χ3n) is 2.91. The summed E-state index contributed by atoms with van der Waals surface area (Å²) in [7, 11) is 0. The number of nitro benzene ring substituents is 1. The van der Waals surface area contributed by atoms with Crippen LogP contribution in [0.1, 0.15) is 16.8 Å². The number of carbonyl (C=O) groups excluding carboxylic acids is 1. The molecule has 96 valence electrons. The zero-order valence-corrected chi connectivity index (χ0v) is 9.87. The fourth-order valence-electron chi connectivity index (χ4n) is 2.02. The van der Waals surface area contributed by atoms with Crippen molar-refractivity contribution in [2.75, 3.05) is 31.2 Å². The van der Waals surface area contributed by atoms with Gasteiger partial charge in [0.25, 0.3) is 5.69 Å². The maximum absolute atomic E-state index is 11.1. The first-order valence-electron chi connectivity index (χ1n) is 5.78. The Kier molecular flexibility index (Phi) is 3.88. The summed E-state index contributed by atoms with van der Waals surface area (Å²) >= 11 is 0. The lowest BCUT2D eigenvalue weighted by molar-refractivity contribution is -0.384. The van der Waals surface area contributed by atoms with Gasteiger partial charge in [-0.05, 0) is 12.5 Å². The third-order valence-corrected chi connectivity index (χ3v) is 2.91. The van der Waals surface area contributed by atoms with E-state index in [4.69, 9.17) is 4.74 Å². The highest BCUT2D eigenvalue weighted by Gasteiger charge is 2.16. The SMILES string of the molecule is O=Cc1cc([N+](=O)[O-])ccc1N1CCCOCC1. The average molecular weight is 250 g/mol.